The minimum absolute atomic E-state index is 0.233. The zero-order valence-corrected chi connectivity index (χ0v) is 13.5. The molecule has 128 valence electrons. The molecule has 0 atom stereocenters. The third-order valence-corrected chi connectivity index (χ3v) is 4.15. The Bertz CT molecular complexity index is 1110. The van der Waals surface area contributed by atoms with Crippen LogP contribution in [0.15, 0.2) is 60.8 Å². The van der Waals surface area contributed by atoms with Crippen LogP contribution in [0.25, 0.3) is 16.9 Å². The van der Waals surface area contributed by atoms with Crippen LogP contribution < -0.4 is 14.8 Å². The van der Waals surface area contributed by atoms with Crippen LogP contribution in [-0.4, -0.2) is 21.4 Å². The van der Waals surface area contributed by atoms with Gasteiger partial charge in [0.05, 0.1) is 11.9 Å². The van der Waals surface area contributed by atoms with Crippen molar-refractivity contribution in [3.8, 4) is 22.8 Å². The summed E-state index contributed by atoms with van der Waals surface area (Å²) in [6.45, 7) is 0.233. The average Bonchev–Trinajstić information content (AvgIpc) is 3.29. The van der Waals surface area contributed by atoms with Crippen LogP contribution in [-0.2, 0) is 0 Å². The second kappa shape index (κ2) is 5.73. The first-order valence-electron chi connectivity index (χ1n) is 8.04. The van der Waals surface area contributed by atoms with Gasteiger partial charge < -0.3 is 14.8 Å². The first-order valence-corrected chi connectivity index (χ1v) is 8.04. The molecule has 0 fully saturated rings. The highest BCUT2D eigenvalue weighted by molar-refractivity contribution is 5.65. The quantitative estimate of drug-likeness (QED) is 0.606. The average molecular weight is 348 g/mol. The first kappa shape index (κ1) is 14.7. The predicted molar refractivity (Wildman–Crippen MR) is 94.2 cm³/mol. The van der Waals surface area contributed by atoms with Crippen LogP contribution in [0.2, 0.25) is 0 Å². The molecule has 0 unspecified atom stereocenters. The van der Waals surface area contributed by atoms with Crippen LogP contribution >= 0.6 is 0 Å². The molecule has 0 saturated heterocycles. The van der Waals surface area contributed by atoms with E-state index in [0.29, 0.717) is 17.2 Å². The van der Waals surface area contributed by atoms with E-state index in [1.807, 2.05) is 30.3 Å². The van der Waals surface area contributed by atoms with E-state index in [1.165, 1.54) is 12.1 Å². The van der Waals surface area contributed by atoms with Gasteiger partial charge in [0.1, 0.15) is 5.82 Å². The van der Waals surface area contributed by atoms with Crippen LogP contribution in [0, 0.1) is 5.82 Å². The molecule has 0 spiro atoms. The summed E-state index contributed by atoms with van der Waals surface area (Å²) in [5.41, 5.74) is 3.10. The lowest BCUT2D eigenvalue weighted by Gasteiger charge is -2.07. The SMILES string of the molecule is Fc1ccc(-c2ccc3ncc(Nc4ccc5c(c4)OCO5)n3n2)cc1. The van der Waals surface area contributed by atoms with Gasteiger partial charge in [-0.3, -0.25) is 0 Å². The summed E-state index contributed by atoms with van der Waals surface area (Å²) in [5, 5.41) is 7.90. The van der Waals surface area contributed by atoms with Crippen molar-refractivity contribution in [2.75, 3.05) is 12.1 Å². The molecular formula is C19H13FN4O2. The van der Waals surface area contributed by atoms with E-state index < -0.39 is 0 Å². The van der Waals surface area contributed by atoms with Gasteiger partial charge in [-0.15, -0.1) is 0 Å². The van der Waals surface area contributed by atoms with E-state index in [4.69, 9.17) is 9.47 Å². The molecule has 1 N–H and O–H groups in total. The Labute approximate surface area is 147 Å². The van der Waals surface area contributed by atoms with Crippen molar-refractivity contribution >= 4 is 17.2 Å². The lowest BCUT2D eigenvalue weighted by atomic mass is 10.1. The summed E-state index contributed by atoms with van der Waals surface area (Å²) in [4.78, 5) is 4.36. The minimum Gasteiger partial charge on any atom is -0.454 e. The van der Waals surface area contributed by atoms with Gasteiger partial charge in [-0.1, -0.05) is 0 Å². The molecule has 3 heterocycles. The van der Waals surface area contributed by atoms with Gasteiger partial charge in [-0.2, -0.15) is 9.61 Å². The summed E-state index contributed by atoms with van der Waals surface area (Å²) in [5.74, 6) is 1.86. The molecule has 0 radical (unpaired) electrons. The van der Waals surface area contributed by atoms with Gasteiger partial charge in [0.25, 0.3) is 0 Å². The monoisotopic (exact) mass is 348 g/mol. The molecule has 0 saturated carbocycles. The topological polar surface area (TPSA) is 60.7 Å². The third kappa shape index (κ3) is 2.50. The van der Waals surface area contributed by atoms with Crippen LogP contribution in [0.5, 0.6) is 11.5 Å². The van der Waals surface area contributed by atoms with Gasteiger partial charge in [0, 0.05) is 17.3 Å². The number of benzene rings is 2. The van der Waals surface area contributed by atoms with Gasteiger partial charge >= 0.3 is 0 Å². The van der Waals surface area contributed by atoms with Crippen molar-refractivity contribution in [2.45, 2.75) is 0 Å². The summed E-state index contributed by atoms with van der Waals surface area (Å²) in [6.07, 6.45) is 1.71. The van der Waals surface area contributed by atoms with Crippen molar-refractivity contribution in [3.63, 3.8) is 0 Å². The Hall–Kier alpha value is -3.61. The summed E-state index contributed by atoms with van der Waals surface area (Å²) in [6, 6.07) is 15.6. The lowest BCUT2D eigenvalue weighted by molar-refractivity contribution is 0.174. The highest BCUT2D eigenvalue weighted by atomic mass is 19.1. The van der Waals surface area contributed by atoms with Crippen molar-refractivity contribution in [3.05, 3.63) is 66.6 Å². The standard InChI is InChI=1S/C19H13FN4O2/c20-13-3-1-12(2-4-13)15-6-8-18-21-10-19(24(18)23-15)22-14-5-7-16-17(9-14)26-11-25-16/h1-10,22H,11H2. The van der Waals surface area contributed by atoms with E-state index >= 15 is 0 Å². The zero-order chi connectivity index (χ0) is 17.5. The molecule has 0 aliphatic carbocycles. The number of rotatable bonds is 3. The Balaban J connectivity index is 1.52. The maximum Gasteiger partial charge on any atom is 0.231 e. The number of nitrogens with zero attached hydrogens (tertiary/aromatic N) is 3. The lowest BCUT2D eigenvalue weighted by Crippen LogP contribution is -2.00. The van der Waals surface area contributed by atoms with Gasteiger partial charge in [-0.05, 0) is 48.5 Å². The first-order chi connectivity index (χ1) is 12.8. The molecule has 1 aliphatic heterocycles. The van der Waals surface area contributed by atoms with E-state index in [1.54, 1.807) is 22.8 Å². The van der Waals surface area contributed by atoms with Gasteiger partial charge in [0.15, 0.2) is 23.0 Å². The zero-order valence-electron chi connectivity index (χ0n) is 13.5. The number of aromatic nitrogens is 3. The Kier molecular flexibility index (Phi) is 3.24. The normalized spacial score (nSPS) is 12.5. The van der Waals surface area contributed by atoms with E-state index in [2.05, 4.69) is 15.4 Å². The maximum absolute atomic E-state index is 13.1. The highest BCUT2D eigenvalue weighted by Crippen LogP contribution is 2.35. The number of nitrogens with one attached hydrogen (secondary N) is 1. The maximum atomic E-state index is 13.1. The molecule has 2 aromatic heterocycles. The fourth-order valence-corrected chi connectivity index (χ4v) is 2.86. The number of ether oxygens (including phenoxy) is 2. The summed E-state index contributed by atoms with van der Waals surface area (Å²) >= 11 is 0. The van der Waals surface area contributed by atoms with Crippen molar-refractivity contribution in [1.29, 1.82) is 0 Å². The van der Waals surface area contributed by atoms with Crippen molar-refractivity contribution < 1.29 is 13.9 Å². The smallest absolute Gasteiger partial charge is 0.231 e. The number of halogens is 1. The van der Waals surface area contributed by atoms with Crippen LogP contribution in [0.3, 0.4) is 0 Å². The summed E-state index contributed by atoms with van der Waals surface area (Å²) < 4.78 is 25.6. The molecule has 26 heavy (non-hydrogen) atoms. The molecule has 2 aromatic carbocycles. The van der Waals surface area contributed by atoms with Crippen molar-refractivity contribution in [1.82, 2.24) is 14.6 Å². The fourth-order valence-electron chi connectivity index (χ4n) is 2.86. The molecule has 1 aliphatic rings. The minimum atomic E-state index is -0.275. The van der Waals surface area contributed by atoms with Gasteiger partial charge in [-0.25, -0.2) is 9.37 Å². The number of fused-ring (bicyclic) bond motifs is 2. The number of hydrogen-bond donors (Lipinski definition) is 1. The third-order valence-electron chi connectivity index (χ3n) is 4.15. The second-order valence-electron chi connectivity index (χ2n) is 5.83. The molecule has 5 rings (SSSR count). The van der Waals surface area contributed by atoms with Crippen LogP contribution in [0.1, 0.15) is 0 Å². The van der Waals surface area contributed by atoms with Crippen LogP contribution in [0.4, 0.5) is 15.9 Å². The Morgan fingerprint density at radius 1 is 0.962 bits per heavy atom. The predicted octanol–water partition coefficient (Wildman–Crippen LogP) is 4.01. The number of hydrogen-bond acceptors (Lipinski definition) is 5. The van der Waals surface area contributed by atoms with E-state index in [9.17, 15) is 4.39 Å². The van der Waals surface area contributed by atoms with Gasteiger partial charge in [0.2, 0.25) is 6.79 Å². The molecule has 0 bridgehead atoms. The fraction of sp³-hybridized carbons (Fsp3) is 0.0526. The number of anilines is 2. The molecule has 0 amide bonds. The Morgan fingerprint density at radius 2 is 1.81 bits per heavy atom. The molecule has 7 heteroatoms. The highest BCUT2D eigenvalue weighted by Gasteiger charge is 2.14. The molecule has 4 aromatic rings. The van der Waals surface area contributed by atoms with E-state index in [-0.39, 0.29) is 12.6 Å². The van der Waals surface area contributed by atoms with E-state index in [0.717, 1.165) is 22.7 Å². The molecule has 6 nitrogen and oxygen atoms in total. The Morgan fingerprint density at radius 3 is 2.69 bits per heavy atom. The summed E-state index contributed by atoms with van der Waals surface area (Å²) in [7, 11) is 0. The number of imidazole rings is 1. The van der Waals surface area contributed by atoms with Crippen molar-refractivity contribution in [2.24, 2.45) is 0 Å². The second-order valence-corrected chi connectivity index (χ2v) is 5.83. The largest absolute Gasteiger partial charge is 0.454 e. The molecular weight excluding hydrogens is 335 g/mol.